The third-order valence-electron chi connectivity index (χ3n) is 4.30. The van der Waals surface area contributed by atoms with Gasteiger partial charge in [-0.3, -0.25) is 14.9 Å². The molecule has 1 aliphatic carbocycles. The first kappa shape index (κ1) is 15.1. The van der Waals surface area contributed by atoms with E-state index >= 15 is 0 Å². The molecule has 0 bridgehead atoms. The lowest BCUT2D eigenvalue weighted by Gasteiger charge is -2.42. The van der Waals surface area contributed by atoms with Gasteiger partial charge in [0.05, 0.1) is 11.5 Å². The summed E-state index contributed by atoms with van der Waals surface area (Å²) in [5.41, 5.74) is -2.12. The van der Waals surface area contributed by atoms with Crippen LogP contribution in [0.2, 0.25) is 0 Å². The summed E-state index contributed by atoms with van der Waals surface area (Å²) in [5, 5.41) is 21.6. The molecular formula is C13H23NO4. The lowest BCUT2D eigenvalue weighted by atomic mass is 9.65. The Labute approximate surface area is 108 Å². The minimum Gasteiger partial charge on any atom is -0.389 e. The van der Waals surface area contributed by atoms with Crippen molar-refractivity contribution in [3.63, 3.8) is 0 Å². The predicted molar refractivity (Wildman–Crippen MR) is 67.9 cm³/mol. The average Bonchev–Trinajstić information content (AvgIpc) is 2.27. The summed E-state index contributed by atoms with van der Waals surface area (Å²) in [7, 11) is 0. The number of hydrogen-bond acceptors (Lipinski definition) is 4. The number of ketones is 1. The van der Waals surface area contributed by atoms with Crippen LogP contribution in [0.15, 0.2) is 0 Å². The van der Waals surface area contributed by atoms with Gasteiger partial charge in [-0.1, -0.05) is 13.3 Å². The summed E-state index contributed by atoms with van der Waals surface area (Å²) in [6.45, 7) is 5.02. The number of carbonyl (C=O) groups excluding carboxylic acids is 1. The zero-order chi connectivity index (χ0) is 14.0. The monoisotopic (exact) mass is 257 g/mol. The maximum Gasteiger partial charge on any atom is 0.223 e. The van der Waals surface area contributed by atoms with Crippen molar-refractivity contribution in [2.24, 2.45) is 5.92 Å². The van der Waals surface area contributed by atoms with Crippen molar-refractivity contribution in [3.05, 3.63) is 10.1 Å². The molecule has 0 radical (unpaired) electrons. The van der Waals surface area contributed by atoms with Gasteiger partial charge in [-0.05, 0) is 26.7 Å². The van der Waals surface area contributed by atoms with Gasteiger partial charge in [0, 0.05) is 24.2 Å². The van der Waals surface area contributed by atoms with Gasteiger partial charge in [0.2, 0.25) is 5.54 Å². The molecule has 0 aromatic rings. The Morgan fingerprint density at radius 3 is 2.56 bits per heavy atom. The van der Waals surface area contributed by atoms with Crippen molar-refractivity contribution in [1.29, 1.82) is 0 Å². The number of Topliss-reactive ketones (excluding diaryl/α,β-unsaturated/α-hetero) is 1. The standard InChI is InChI=1S/C13H23NO4/c1-4-5-6-13(14(17)18)8-7-12(3,16)11(9-13)10(2)15/h11,16H,4-9H2,1-3H3/t11-,12+,13-/m1/s1. The highest BCUT2D eigenvalue weighted by molar-refractivity contribution is 5.79. The highest BCUT2D eigenvalue weighted by Crippen LogP contribution is 2.43. The second kappa shape index (κ2) is 5.34. The minimum atomic E-state index is -1.10. The van der Waals surface area contributed by atoms with E-state index in [1.54, 1.807) is 6.92 Å². The summed E-state index contributed by atoms with van der Waals surface area (Å²) in [5.74, 6) is -0.768. The Bertz CT molecular complexity index is 340. The van der Waals surface area contributed by atoms with Crippen molar-refractivity contribution >= 4 is 5.78 Å². The van der Waals surface area contributed by atoms with Crippen LogP contribution < -0.4 is 0 Å². The number of rotatable bonds is 5. The van der Waals surface area contributed by atoms with Crippen LogP contribution >= 0.6 is 0 Å². The largest absolute Gasteiger partial charge is 0.389 e. The van der Waals surface area contributed by atoms with E-state index < -0.39 is 17.1 Å². The Balaban J connectivity index is 2.95. The Kier molecular flexibility index (Phi) is 4.48. The van der Waals surface area contributed by atoms with Crippen LogP contribution in [0.1, 0.15) is 59.3 Å². The minimum absolute atomic E-state index is 0.151. The first-order chi connectivity index (χ1) is 8.25. The van der Waals surface area contributed by atoms with E-state index in [2.05, 4.69) is 0 Å². The third kappa shape index (κ3) is 2.88. The van der Waals surface area contributed by atoms with Gasteiger partial charge < -0.3 is 5.11 Å². The fourth-order valence-electron chi connectivity index (χ4n) is 2.93. The number of unbranched alkanes of at least 4 members (excludes halogenated alkanes) is 1. The van der Waals surface area contributed by atoms with E-state index in [0.717, 1.165) is 12.8 Å². The molecule has 1 N–H and O–H groups in total. The quantitative estimate of drug-likeness (QED) is 0.605. The van der Waals surface area contributed by atoms with Gasteiger partial charge in [0.15, 0.2) is 0 Å². The highest BCUT2D eigenvalue weighted by Gasteiger charge is 2.54. The fourth-order valence-corrected chi connectivity index (χ4v) is 2.93. The molecule has 0 spiro atoms. The molecule has 104 valence electrons. The molecule has 3 atom stereocenters. The van der Waals surface area contributed by atoms with Crippen LogP contribution in [0.3, 0.4) is 0 Å². The molecule has 0 amide bonds. The lowest BCUT2D eigenvalue weighted by Crippen LogP contribution is -2.53. The normalized spacial score (nSPS) is 36.3. The summed E-state index contributed by atoms with van der Waals surface area (Å²) in [6.07, 6.45) is 3.03. The Hall–Kier alpha value is -0.970. The van der Waals surface area contributed by atoms with Gasteiger partial charge in [-0.25, -0.2) is 0 Å². The Morgan fingerprint density at radius 1 is 1.50 bits per heavy atom. The molecule has 0 unspecified atom stereocenters. The van der Waals surface area contributed by atoms with Crippen LogP contribution in [0.4, 0.5) is 0 Å². The molecule has 18 heavy (non-hydrogen) atoms. The molecule has 0 heterocycles. The molecule has 5 heteroatoms. The summed E-state index contributed by atoms with van der Waals surface area (Å²) in [4.78, 5) is 22.8. The van der Waals surface area contributed by atoms with Crippen LogP contribution in [0.25, 0.3) is 0 Å². The van der Waals surface area contributed by atoms with Crippen LogP contribution in [-0.4, -0.2) is 27.0 Å². The predicted octanol–water partition coefficient (Wildman–Crippen LogP) is 2.33. The molecule has 0 aromatic heterocycles. The number of hydrogen-bond donors (Lipinski definition) is 1. The molecule has 0 aliphatic heterocycles. The molecule has 1 fully saturated rings. The SMILES string of the molecule is CCCC[C@@]1([N+](=O)[O-])CC[C@](C)(O)[C@@H](C(C)=O)C1. The summed E-state index contributed by atoms with van der Waals surface area (Å²) >= 11 is 0. The van der Waals surface area contributed by atoms with Gasteiger partial charge >= 0.3 is 0 Å². The summed E-state index contributed by atoms with van der Waals surface area (Å²) < 4.78 is 0. The van der Waals surface area contributed by atoms with Crippen molar-refractivity contribution < 1.29 is 14.8 Å². The maximum atomic E-state index is 11.6. The molecular weight excluding hydrogens is 234 g/mol. The Morgan fingerprint density at radius 2 is 2.11 bits per heavy atom. The van der Waals surface area contributed by atoms with Crippen LogP contribution in [-0.2, 0) is 4.79 Å². The van der Waals surface area contributed by atoms with Crippen LogP contribution in [0.5, 0.6) is 0 Å². The number of carbonyl (C=O) groups is 1. The topological polar surface area (TPSA) is 80.4 Å². The average molecular weight is 257 g/mol. The number of aliphatic hydroxyl groups is 1. The fraction of sp³-hybridized carbons (Fsp3) is 0.923. The first-order valence-electron chi connectivity index (χ1n) is 6.62. The number of nitrogens with zero attached hydrogens (tertiary/aromatic N) is 1. The highest BCUT2D eigenvalue weighted by atomic mass is 16.6. The molecule has 0 aromatic carbocycles. The maximum absolute atomic E-state index is 11.6. The molecule has 1 saturated carbocycles. The van der Waals surface area contributed by atoms with Crippen molar-refractivity contribution in [3.8, 4) is 0 Å². The zero-order valence-corrected chi connectivity index (χ0v) is 11.4. The van der Waals surface area contributed by atoms with Crippen molar-refractivity contribution in [1.82, 2.24) is 0 Å². The molecule has 1 aliphatic rings. The van der Waals surface area contributed by atoms with E-state index in [1.807, 2.05) is 6.92 Å². The van der Waals surface area contributed by atoms with Gasteiger partial charge in [-0.15, -0.1) is 0 Å². The molecule has 1 rings (SSSR count). The third-order valence-corrected chi connectivity index (χ3v) is 4.30. The first-order valence-corrected chi connectivity index (χ1v) is 6.62. The van der Waals surface area contributed by atoms with Gasteiger partial charge in [0.1, 0.15) is 5.78 Å². The van der Waals surface area contributed by atoms with E-state index in [1.165, 1.54) is 6.92 Å². The van der Waals surface area contributed by atoms with E-state index in [9.17, 15) is 20.0 Å². The summed E-state index contributed by atoms with van der Waals surface area (Å²) in [6, 6.07) is 0. The number of nitro groups is 1. The smallest absolute Gasteiger partial charge is 0.223 e. The molecule has 0 saturated heterocycles. The van der Waals surface area contributed by atoms with Crippen LogP contribution in [0, 0.1) is 16.0 Å². The van der Waals surface area contributed by atoms with Gasteiger partial charge in [0.25, 0.3) is 0 Å². The van der Waals surface area contributed by atoms with E-state index in [-0.39, 0.29) is 17.1 Å². The van der Waals surface area contributed by atoms with Crippen molar-refractivity contribution in [2.45, 2.75) is 70.4 Å². The van der Waals surface area contributed by atoms with Gasteiger partial charge in [-0.2, -0.15) is 0 Å². The molecule has 5 nitrogen and oxygen atoms in total. The van der Waals surface area contributed by atoms with E-state index in [4.69, 9.17) is 0 Å². The zero-order valence-electron chi connectivity index (χ0n) is 11.4. The van der Waals surface area contributed by atoms with Crippen molar-refractivity contribution in [2.75, 3.05) is 0 Å². The second-order valence-electron chi connectivity index (χ2n) is 5.81. The second-order valence-corrected chi connectivity index (χ2v) is 5.81. The lowest BCUT2D eigenvalue weighted by molar-refractivity contribution is -0.579. The van der Waals surface area contributed by atoms with E-state index in [0.29, 0.717) is 19.3 Å².